The summed E-state index contributed by atoms with van der Waals surface area (Å²) < 4.78 is 1.76. The third kappa shape index (κ3) is 2.37. The van der Waals surface area contributed by atoms with Crippen molar-refractivity contribution in [3.8, 4) is 16.3 Å². The van der Waals surface area contributed by atoms with Gasteiger partial charge in [-0.3, -0.25) is 0 Å². The number of aryl methyl sites for hydroxylation is 1. The summed E-state index contributed by atoms with van der Waals surface area (Å²) in [6, 6.07) is 11.6. The molecule has 5 heteroatoms. The van der Waals surface area contributed by atoms with E-state index in [0.29, 0.717) is 10.7 Å². The van der Waals surface area contributed by atoms with E-state index in [2.05, 4.69) is 18.1 Å². The highest BCUT2D eigenvalue weighted by Gasteiger charge is 2.11. The van der Waals surface area contributed by atoms with Crippen LogP contribution >= 0.6 is 22.9 Å². The van der Waals surface area contributed by atoms with Crippen LogP contribution in [0.3, 0.4) is 0 Å². The van der Waals surface area contributed by atoms with E-state index < -0.39 is 0 Å². The molecule has 0 fully saturated rings. The van der Waals surface area contributed by atoms with Crippen molar-refractivity contribution < 1.29 is 0 Å². The van der Waals surface area contributed by atoms with Crippen molar-refractivity contribution in [1.29, 1.82) is 0 Å². The highest BCUT2D eigenvalue weighted by molar-refractivity contribution is 7.15. The number of aromatic nitrogens is 2. The van der Waals surface area contributed by atoms with E-state index >= 15 is 0 Å². The first-order chi connectivity index (χ1) is 9.13. The Morgan fingerprint density at radius 2 is 2.11 bits per heavy atom. The van der Waals surface area contributed by atoms with Crippen molar-refractivity contribution in [2.75, 3.05) is 5.73 Å². The molecule has 0 amide bonds. The average molecular weight is 290 g/mol. The second kappa shape index (κ2) is 4.72. The fourth-order valence-corrected chi connectivity index (χ4v) is 2.95. The van der Waals surface area contributed by atoms with E-state index in [1.807, 2.05) is 36.5 Å². The number of benzene rings is 1. The maximum Gasteiger partial charge on any atom is 0.126 e. The van der Waals surface area contributed by atoms with Crippen LogP contribution in [-0.2, 0) is 0 Å². The predicted octanol–water partition coefficient (Wildman–Crippen LogP) is 4.14. The first kappa shape index (κ1) is 12.3. The van der Waals surface area contributed by atoms with Gasteiger partial charge in [-0.1, -0.05) is 17.7 Å². The summed E-state index contributed by atoms with van der Waals surface area (Å²) in [7, 11) is 0. The largest absolute Gasteiger partial charge is 0.396 e. The number of hydrogen-bond donors (Lipinski definition) is 1. The quantitative estimate of drug-likeness (QED) is 0.770. The zero-order chi connectivity index (χ0) is 13.4. The van der Waals surface area contributed by atoms with Gasteiger partial charge in [0.15, 0.2) is 0 Å². The van der Waals surface area contributed by atoms with Gasteiger partial charge in [0.05, 0.1) is 22.4 Å². The Hall–Kier alpha value is -1.78. The van der Waals surface area contributed by atoms with Gasteiger partial charge in [0, 0.05) is 9.90 Å². The molecule has 0 aliphatic carbocycles. The minimum absolute atomic E-state index is 0.668. The molecule has 3 nitrogen and oxygen atoms in total. The number of halogens is 1. The summed E-state index contributed by atoms with van der Waals surface area (Å²) in [5.41, 5.74) is 8.44. The van der Waals surface area contributed by atoms with Gasteiger partial charge in [0.2, 0.25) is 0 Å². The molecule has 0 saturated carbocycles. The molecular weight excluding hydrogens is 278 g/mol. The predicted molar refractivity (Wildman–Crippen MR) is 81.0 cm³/mol. The van der Waals surface area contributed by atoms with Crippen molar-refractivity contribution in [1.82, 2.24) is 9.78 Å². The number of nitrogens with zero attached hydrogens (tertiary/aromatic N) is 2. The van der Waals surface area contributed by atoms with E-state index in [4.69, 9.17) is 17.3 Å². The molecule has 96 valence electrons. The summed E-state index contributed by atoms with van der Waals surface area (Å²) in [6.07, 6.45) is 1.82. The minimum atomic E-state index is 0.668. The highest BCUT2D eigenvalue weighted by atomic mass is 35.5. The lowest BCUT2D eigenvalue weighted by molar-refractivity contribution is 0.885. The Morgan fingerprint density at radius 3 is 2.79 bits per heavy atom. The molecule has 3 rings (SSSR count). The number of hydrogen-bond acceptors (Lipinski definition) is 3. The van der Waals surface area contributed by atoms with Crippen molar-refractivity contribution in [3.05, 3.63) is 52.5 Å². The van der Waals surface area contributed by atoms with Crippen LogP contribution in [0.15, 0.2) is 42.6 Å². The van der Waals surface area contributed by atoms with E-state index in [1.54, 1.807) is 16.0 Å². The molecule has 1 aromatic carbocycles. The molecule has 0 aliphatic rings. The topological polar surface area (TPSA) is 43.8 Å². The van der Waals surface area contributed by atoms with Crippen molar-refractivity contribution in [2.24, 2.45) is 0 Å². The van der Waals surface area contributed by atoms with Gasteiger partial charge in [0.1, 0.15) is 5.69 Å². The monoisotopic (exact) mass is 289 g/mol. The molecule has 2 N–H and O–H groups in total. The van der Waals surface area contributed by atoms with Crippen LogP contribution in [-0.4, -0.2) is 9.78 Å². The van der Waals surface area contributed by atoms with Gasteiger partial charge in [-0.05, 0) is 37.3 Å². The SMILES string of the molecule is Cc1ccc(-c2nn(-c3cccc(Cl)c3)cc2N)s1. The molecule has 2 aromatic heterocycles. The molecule has 0 atom stereocenters. The van der Waals surface area contributed by atoms with Crippen molar-refractivity contribution >= 4 is 28.6 Å². The van der Waals surface area contributed by atoms with Gasteiger partial charge >= 0.3 is 0 Å². The molecule has 0 unspecified atom stereocenters. The molecule has 0 bridgehead atoms. The van der Waals surface area contributed by atoms with E-state index in [-0.39, 0.29) is 0 Å². The number of thiophene rings is 1. The number of anilines is 1. The molecule has 0 radical (unpaired) electrons. The molecular formula is C14H12ClN3S. The van der Waals surface area contributed by atoms with Gasteiger partial charge in [-0.15, -0.1) is 11.3 Å². The summed E-state index contributed by atoms with van der Waals surface area (Å²) >= 11 is 7.68. The Balaban J connectivity index is 2.06. The van der Waals surface area contributed by atoms with Crippen molar-refractivity contribution in [2.45, 2.75) is 6.92 Å². The number of rotatable bonds is 2. The molecule has 2 heterocycles. The van der Waals surface area contributed by atoms with Gasteiger partial charge in [0.25, 0.3) is 0 Å². The van der Waals surface area contributed by atoms with Crippen LogP contribution in [0.5, 0.6) is 0 Å². The second-order valence-electron chi connectivity index (χ2n) is 4.27. The van der Waals surface area contributed by atoms with Crippen molar-refractivity contribution in [3.63, 3.8) is 0 Å². The fraction of sp³-hybridized carbons (Fsp3) is 0.0714. The standard InChI is InChI=1S/C14H12ClN3S/c1-9-5-6-13(19-9)14-12(16)8-18(17-14)11-4-2-3-10(15)7-11/h2-8H,16H2,1H3. The van der Waals surface area contributed by atoms with Crippen LogP contribution < -0.4 is 5.73 Å². The summed E-state index contributed by atoms with van der Waals surface area (Å²) in [5.74, 6) is 0. The van der Waals surface area contributed by atoms with Crippen LogP contribution in [0.1, 0.15) is 4.88 Å². The Kier molecular flexibility index (Phi) is 3.05. The zero-order valence-electron chi connectivity index (χ0n) is 10.3. The molecule has 0 aliphatic heterocycles. The third-order valence-corrected chi connectivity index (χ3v) is 4.03. The van der Waals surface area contributed by atoms with Gasteiger partial charge in [-0.25, -0.2) is 4.68 Å². The Labute approximate surface area is 120 Å². The maximum atomic E-state index is 6.05. The lowest BCUT2D eigenvalue weighted by Gasteiger charge is -2.00. The smallest absolute Gasteiger partial charge is 0.126 e. The van der Waals surface area contributed by atoms with Gasteiger partial charge in [-0.2, -0.15) is 5.10 Å². The van der Waals surface area contributed by atoms with E-state index in [9.17, 15) is 0 Å². The number of nitrogen functional groups attached to an aromatic ring is 1. The summed E-state index contributed by atoms with van der Waals surface area (Å²) in [4.78, 5) is 2.32. The molecule has 3 aromatic rings. The average Bonchev–Trinajstić information content (AvgIpc) is 2.95. The second-order valence-corrected chi connectivity index (χ2v) is 5.99. The highest BCUT2D eigenvalue weighted by Crippen LogP contribution is 2.31. The molecule has 19 heavy (non-hydrogen) atoms. The Bertz CT molecular complexity index is 730. The van der Waals surface area contributed by atoms with Crippen LogP contribution in [0.4, 0.5) is 5.69 Å². The molecule has 0 spiro atoms. The Morgan fingerprint density at radius 1 is 1.26 bits per heavy atom. The third-order valence-electron chi connectivity index (χ3n) is 2.79. The first-order valence-corrected chi connectivity index (χ1v) is 7.01. The zero-order valence-corrected chi connectivity index (χ0v) is 11.9. The number of nitrogens with two attached hydrogens (primary N) is 1. The van der Waals surface area contributed by atoms with Crippen LogP contribution in [0, 0.1) is 6.92 Å². The van der Waals surface area contributed by atoms with E-state index in [1.165, 1.54) is 4.88 Å². The summed E-state index contributed by atoms with van der Waals surface area (Å²) in [6.45, 7) is 2.07. The fourth-order valence-electron chi connectivity index (χ4n) is 1.89. The van der Waals surface area contributed by atoms with Gasteiger partial charge < -0.3 is 5.73 Å². The lowest BCUT2D eigenvalue weighted by atomic mass is 10.3. The normalized spacial score (nSPS) is 10.8. The first-order valence-electron chi connectivity index (χ1n) is 5.81. The van der Waals surface area contributed by atoms with Crippen LogP contribution in [0.2, 0.25) is 5.02 Å². The minimum Gasteiger partial charge on any atom is -0.396 e. The summed E-state index contributed by atoms with van der Waals surface area (Å²) in [5, 5.41) is 5.23. The molecule has 0 saturated heterocycles. The lowest BCUT2D eigenvalue weighted by Crippen LogP contribution is -1.94. The van der Waals surface area contributed by atoms with Crippen LogP contribution in [0.25, 0.3) is 16.3 Å². The van der Waals surface area contributed by atoms with E-state index in [0.717, 1.165) is 16.3 Å². The maximum absolute atomic E-state index is 6.05.